The lowest BCUT2D eigenvalue weighted by molar-refractivity contribution is -0.115. The lowest BCUT2D eigenvalue weighted by atomic mass is 10.2. The Morgan fingerprint density at radius 2 is 1.90 bits per heavy atom. The Kier molecular flexibility index (Phi) is 5.74. The van der Waals surface area contributed by atoms with Crippen LogP contribution in [-0.2, 0) is 4.79 Å². The van der Waals surface area contributed by atoms with Crippen molar-refractivity contribution in [1.29, 1.82) is 0 Å². The highest BCUT2D eigenvalue weighted by molar-refractivity contribution is 8.18. The van der Waals surface area contributed by atoms with Gasteiger partial charge in [-0.1, -0.05) is 46.9 Å². The van der Waals surface area contributed by atoms with Crippen LogP contribution >= 0.6 is 46.6 Å². The summed E-state index contributed by atoms with van der Waals surface area (Å²) in [6, 6.07) is 14.4. The van der Waals surface area contributed by atoms with E-state index in [0.717, 1.165) is 5.56 Å². The minimum Gasteiger partial charge on any atom is -0.457 e. The lowest BCUT2D eigenvalue weighted by Crippen LogP contribution is -2.19. The lowest BCUT2D eigenvalue weighted by Gasteiger charge is -2.01. The fourth-order valence-electron chi connectivity index (χ4n) is 2.65. The number of amides is 1. The van der Waals surface area contributed by atoms with Crippen molar-refractivity contribution in [3.8, 4) is 11.3 Å². The molecule has 4 nitrogen and oxygen atoms in total. The number of nitrogens with one attached hydrogen (secondary N) is 1. The van der Waals surface area contributed by atoms with E-state index in [1.165, 1.54) is 11.8 Å². The molecule has 0 aliphatic carbocycles. The molecule has 1 saturated heterocycles. The summed E-state index contributed by atoms with van der Waals surface area (Å²) in [5.41, 5.74) is 2.32. The number of rotatable bonds is 3. The maximum atomic E-state index is 12.3. The van der Waals surface area contributed by atoms with Crippen LogP contribution in [0, 0.1) is 6.92 Å². The maximum absolute atomic E-state index is 12.3. The Morgan fingerprint density at radius 1 is 1.07 bits per heavy atom. The van der Waals surface area contributed by atoms with E-state index in [2.05, 4.69) is 10.3 Å². The fourth-order valence-corrected chi connectivity index (χ4v) is 4.04. The van der Waals surface area contributed by atoms with Crippen molar-refractivity contribution in [2.24, 2.45) is 4.99 Å². The van der Waals surface area contributed by atoms with Gasteiger partial charge in [0, 0.05) is 16.7 Å². The van der Waals surface area contributed by atoms with E-state index >= 15 is 0 Å². The molecule has 0 unspecified atom stereocenters. The highest BCUT2D eigenvalue weighted by atomic mass is 35.5. The second-order valence-electron chi connectivity index (χ2n) is 6.22. The molecule has 1 fully saturated rings. The van der Waals surface area contributed by atoms with Gasteiger partial charge in [0.1, 0.15) is 11.5 Å². The van der Waals surface area contributed by atoms with E-state index in [4.69, 9.17) is 39.2 Å². The Hall–Kier alpha value is -2.18. The molecule has 1 amide bonds. The summed E-state index contributed by atoms with van der Waals surface area (Å²) in [4.78, 5) is 17.2. The molecule has 1 aliphatic heterocycles. The zero-order chi connectivity index (χ0) is 20.5. The Bertz CT molecular complexity index is 1180. The average Bonchev–Trinajstić information content (AvgIpc) is 3.28. The van der Waals surface area contributed by atoms with Gasteiger partial charge in [-0.05, 0) is 60.6 Å². The molecule has 0 saturated carbocycles. The molecule has 8 heteroatoms. The largest absolute Gasteiger partial charge is 0.457 e. The third kappa shape index (κ3) is 4.38. The maximum Gasteiger partial charge on any atom is 0.264 e. The zero-order valence-electron chi connectivity index (χ0n) is 15.0. The molecule has 0 bridgehead atoms. The number of aliphatic imine (C=N–C) groups is 1. The third-order valence-corrected chi connectivity index (χ3v) is 6.29. The Labute approximate surface area is 186 Å². The second-order valence-corrected chi connectivity index (χ2v) is 8.44. The number of amidine groups is 1. The molecule has 3 aromatic rings. The number of benzene rings is 2. The number of hydrogen-bond acceptors (Lipinski definition) is 4. The number of carbonyl (C=O) groups excluding carboxylic acids is 1. The summed E-state index contributed by atoms with van der Waals surface area (Å²) in [5.74, 6) is 0.843. The normalized spacial score (nSPS) is 16.6. The SMILES string of the molecule is Cc1ccc(N=C2NC(=O)/C(=C/c3ccc(-c4cccc(Cl)c4Cl)o3)S2)cc1Cl. The minimum absolute atomic E-state index is 0.245. The molecule has 1 aromatic heterocycles. The van der Waals surface area contributed by atoms with E-state index in [1.807, 2.05) is 25.1 Å². The molecule has 2 heterocycles. The van der Waals surface area contributed by atoms with Gasteiger partial charge < -0.3 is 9.73 Å². The summed E-state index contributed by atoms with van der Waals surface area (Å²) in [6.07, 6.45) is 1.66. The summed E-state index contributed by atoms with van der Waals surface area (Å²) in [5, 5.41) is 4.71. The van der Waals surface area contributed by atoms with E-state index < -0.39 is 0 Å². The van der Waals surface area contributed by atoms with Crippen LogP contribution in [0.25, 0.3) is 17.4 Å². The minimum atomic E-state index is -0.245. The topological polar surface area (TPSA) is 54.6 Å². The van der Waals surface area contributed by atoms with E-state index in [-0.39, 0.29) is 5.91 Å². The van der Waals surface area contributed by atoms with E-state index in [1.54, 1.807) is 36.4 Å². The first-order valence-corrected chi connectivity index (χ1v) is 10.5. The van der Waals surface area contributed by atoms with Crippen molar-refractivity contribution < 1.29 is 9.21 Å². The van der Waals surface area contributed by atoms with Crippen molar-refractivity contribution in [3.05, 3.63) is 79.8 Å². The predicted octanol–water partition coefficient (Wildman–Crippen LogP) is 7.11. The van der Waals surface area contributed by atoms with Crippen LogP contribution in [0.4, 0.5) is 5.69 Å². The summed E-state index contributed by atoms with van der Waals surface area (Å²) in [6.45, 7) is 1.92. The molecule has 2 aromatic carbocycles. The predicted molar refractivity (Wildman–Crippen MR) is 121 cm³/mol. The van der Waals surface area contributed by atoms with Gasteiger partial charge >= 0.3 is 0 Å². The molecule has 0 atom stereocenters. The van der Waals surface area contributed by atoms with Gasteiger partial charge in [0.15, 0.2) is 5.17 Å². The first-order valence-electron chi connectivity index (χ1n) is 8.50. The van der Waals surface area contributed by atoms with Gasteiger partial charge in [-0.15, -0.1) is 0 Å². The average molecular weight is 464 g/mol. The zero-order valence-corrected chi connectivity index (χ0v) is 18.1. The van der Waals surface area contributed by atoms with Gasteiger partial charge in [0.05, 0.1) is 20.6 Å². The quantitative estimate of drug-likeness (QED) is 0.421. The molecule has 1 aliphatic rings. The standard InChI is InChI=1S/C21H13Cl3N2O2S/c1-11-5-6-12(9-16(11)23)25-21-26-20(27)18(29-21)10-13-7-8-17(28-13)14-3-2-4-15(22)19(14)24/h2-10H,1H3,(H,25,26,27)/b18-10-. The van der Waals surface area contributed by atoms with Crippen LogP contribution in [0.5, 0.6) is 0 Å². The van der Waals surface area contributed by atoms with E-state index in [9.17, 15) is 4.79 Å². The molecular formula is C21H13Cl3N2O2S. The number of halogens is 3. The summed E-state index contributed by atoms with van der Waals surface area (Å²) in [7, 11) is 0. The van der Waals surface area contributed by atoms with Crippen LogP contribution in [0.15, 0.2) is 62.8 Å². The second kappa shape index (κ2) is 8.28. The van der Waals surface area contributed by atoms with Crippen molar-refractivity contribution >= 4 is 69.4 Å². The molecule has 29 heavy (non-hydrogen) atoms. The Morgan fingerprint density at radius 3 is 2.69 bits per heavy atom. The number of nitrogens with zero attached hydrogens (tertiary/aromatic N) is 1. The van der Waals surface area contributed by atoms with Gasteiger partial charge in [-0.25, -0.2) is 4.99 Å². The number of carbonyl (C=O) groups is 1. The van der Waals surface area contributed by atoms with Gasteiger partial charge in [-0.3, -0.25) is 4.79 Å². The number of hydrogen-bond donors (Lipinski definition) is 1. The van der Waals surface area contributed by atoms with Crippen molar-refractivity contribution in [3.63, 3.8) is 0 Å². The first kappa shape index (κ1) is 20.1. The first-order chi connectivity index (χ1) is 13.9. The molecule has 146 valence electrons. The molecule has 0 spiro atoms. The van der Waals surface area contributed by atoms with Crippen molar-refractivity contribution in [2.45, 2.75) is 6.92 Å². The summed E-state index contributed by atoms with van der Waals surface area (Å²) < 4.78 is 5.83. The van der Waals surface area contributed by atoms with Crippen LogP contribution in [0.2, 0.25) is 15.1 Å². The molecular weight excluding hydrogens is 451 g/mol. The van der Waals surface area contributed by atoms with Gasteiger partial charge in [0.2, 0.25) is 0 Å². The molecule has 0 radical (unpaired) electrons. The number of furan rings is 1. The highest BCUT2D eigenvalue weighted by Gasteiger charge is 2.24. The monoisotopic (exact) mass is 462 g/mol. The van der Waals surface area contributed by atoms with Crippen LogP contribution in [-0.4, -0.2) is 11.1 Å². The van der Waals surface area contributed by atoms with Gasteiger partial charge in [-0.2, -0.15) is 0 Å². The van der Waals surface area contributed by atoms with Crippen LogP contribution < -0.4 is 5.32 Å². The fraction of sp³-hybridized carbons (Fsp3) is 0.0476. The van der Waals surface area contributed by atoms with Crippen LogP contribution in [0.3, 0.4) is 0 Å². The third-order valence-electron chi connectivity index (χ3n) is 4.15. The van der Waals surface area contributed by atoms with Crippen molar-refractivity contribution in [2.75, 3.05) is 0 Å². The Balaban J connectivity index is 1.57. The van der Waals surface area contributed by atoms with Crippen LogP contribution in [0.1, 0.15) is 11.3 Å². The number of thioether (sulfide) groups is 1. The van der Waals surface area contributed by atoms with Gasteiger partial charge in [0.25, 0.3) is 5.91 Å². The smallest absolute Gasteiger partial charge is 0.264 e. The van der Waals surface area contributed by atoms with Crippen molar-refractivity contribution in [1.82, 2.24) is 5.32 Å². The molecule has 4 rings (SSSR count). The summed E-state index contributed by atoms with van der Waals surface area (Å²) >= 11 is 19.7. The molecule has 1 N–H and O–H groups in total. The number of aryl methyl sites for hydroxylation is 1. The van der Waals surface area contributed by atoms with E-state index in [0.29, 0.717) is 47.9 Å². The highest BCUT2D eigenvalue weighted by Crippen LogP contribution is 2.35.